The van der Waals surface area contributed by atoms with Gasteiger partial charge in [-0.25, -0.2) is 0 Å². The van der Waals surface area contributed by atoms with Crippen LogP contribution in [0.3, 0.4) is 0 Å². The molecule has 1 atom stereocenters. The van der Waals surface area contributed by atoms with Crippen LogP contribution in [0.2, 0.25) is 0 Å². The number of halogens is 4. The molecule has 1 aromatic rings. The van der Waals surface area contributed by atoms with Crippen molar-refractivity contribution in [1.29, 1.82) is 0 Å². The maximum absolute atomic E-state index is 13.2. The van der Waals surface area contributed by atoms with Crippen molar-refractivity contribution in [3.05, 3.63) is 28.2 Å². The normalized spacial score (nSPS) is 20.9. The van der Waals surface area contributed by atoms with Gasteiger partial charge in [-0.2, -0.15) is 13.2 Å². The summed E-state index contributed by atoms with van der Waals surface area (Å²) < 4.78 is 40.1. The molecule has 1 aliphatic heterocycles. The number of rotatable bonds is 2. The predicted octanol–water partition coefficient (Wildman–Crippen LogP) is 4.21. The quantitative estimate of drug-likeness (QED) is 0.862. The van der Waals surface area contributed by atoms with Gasteiger partial charge in [-0.15, -0.1) is 0 Å². The molecule has 0 amide bonds. The van der Waals surface area contributed by atoms with Gasteiger partial charge in [0.15, 0.2) is 0 Å². The van der Waals surface area contributed by atoms with Crippen molar-refractivity contribution in [3.63, 3.8) is 0 Å². The molecule has 1 unspecified atom stereocenters. The van der Waals surface area contributed by atoms with Crippen LogP contribution in [0.25, 0.3) is 0 Å². The molecule has 112 valence electrons. The third kappa shape index (κ3) is 3.47. The lowest BCUT2D eigenvalue weighted by molar-refractivity contribution is -0.137. The average molecular weight is 352 g/mol. The summed E-state index contributed by atoms with van der Waals surface area (Å²) in [6, 6.07) is 3.75. The molecule has 20 heavy (non-hydrogen) atoms. The first-order chi connectivity index (χ1) is 9.43. The van der Waals surface area contributed by atoms with Crippen LogP contribution >= 0.6 is 15.9 Å². The number of nitrogens with zero attached hydrogens (tertiary/aromatic N) is 1. The van der Waals surface area contributed by atoms with E-state index < -0.39 is 11.7 Å². The van der Waals surface area contributed by atoms with Gasteiger partial charge >= 0.3 is 6.18 Å². The summed E-state index contributed by atoms with van der Waals surface area (Å²) in [6.07, 6.45) is -0.887. The fourth-order valence-electron chi connectivity index (χ4n) is 2.67. The molecule has 1 fully saturated rings. The Morgan fingerprint density at radius 2 is 2.00 bits per heavy atom. The van der Waals surface area contributed by atoms with Crippen molar-refractivity contribution >= 4 is 21.6 Å². The summed E-state index contributed by atoms with van der Waals surface area (Å²) in [6.45, 7) is 0.425. The van der Waals surface area contributed by atoms with Gasteiger partial charge in [-0.05, 0) is 31.0 Å². The van der Waals surface area contributed by atoms with Crippen LogP contribution in [0.1, 0.15) is 31.2 Å². The first kappa shape index (κ1) is 15.6. The van der Waals surface area contributed by atoms with Crippen molar-refractivity contribution < 1.29 is 18.3 Å². The Hall–Kier alpha value is -0.750. The van der Waals surface area contributed by atoms with Gasteiger partial charge in [-0.1, -0.05) is 28.8 Å². The van der Waals surface area contributed by atoms with Crippen LogP contribution in [0.5, 0.6) is 0 Å². The number of hydrogen-bond acceptors (Lipinski definition) is 2. The number of aliphatic hydroxyl groups excluding tert-OH is 1. The minimum Gasteiger partial charge on any atom is -0.394 e. The van der Waals surface area contributed by atoms with E-state index >= 15 is 0 Å². The van der Waals surface area contributed by atoms with E-state index in [4.69, 9.17) is 0 Å². The highest BCUT2D eigenvalue weighted by Gasteiger charge is 2.36. The molecule has 2 rings (SSSR count). The van der Waals surface area contributed by atoms with Crippen LogP contribution in [-0.4, -0.2) is 24.3 Å². The van der Waals surface area contributed by atoms with Crippen LogP contribution in [-0.2, 0) is 6.18 Å². The molecule has 1 saturated heterocycles. The monoisotopic (exact) mass is 351 g/mol. The number of alkyl halides is 3. The Morgan fingerprint density at radius 1 is 1.25 bits per heavy atom. The molecule has 0 aromatic heterocycles. The highest BCUT2D eigenvalue weighted by molar-refractivity contribution is 9.10. The minimum absolute atomic E-state index is 0.121. The molecule has 1 heterocycles. The van der Waals surface area contributed by atoms with E-state index in [1.54, 1.807) is 4.90 Å². The Bertz CT molecular complexity index is 464. The molecular weight excluding hydrogens is 335 g/mol. The average Bonchev–Trinajstić information content (AvgIpc) is 2.61. The molecule has 0 saturated carbocycles. The second-order valence-electron chi connectivity index (χ2n) is 5.04. The molecule has 2 nitrogen and oxygen atoms in total. The summed E-state index contributed by atoms with van der Waals surface area (Å²) in [7, 11) is 0. The maximum atomic E-state index is 13.2. The third-order valence-corrected chi connectivity index (χ3v) is 4.16. The number of aliphatic hydroxyl groups is 1. The second-order valence-corrected chi connectivity index (χ2v) is 5.95. The van der Waals surface area contributed by atoms with Crippen molar-refractivity contribution in [1.82, 2.24) is 0 Å². The molecule has 0 radical (unpaired) electrons. The maximum Gasteiger partial charge on any atom is 0.418 e. The summed E-state index contributed by atoms with van der Waals surface area (Å²) in [5.74, 6) is 0. The fraction of sp³-hybridized carbons (Fsp3) is 0.571. The van der Waals surface area contributed by atoms with Crippen LogP contribution in [0.4, 0.5) is 18.9 Å². The summed E-state index contributed by atoms with van der Waals surface area (Å²) in [4.78, 5) is 1.71. The molecular formula is C14H17BrF3NO. The van der Waals surface area contributed by atoms with Gasteiger partial charge in [0, 0.05) is 11.0 Å². The van der Waals surface area contributed by atoms with Gasteiger partial charge in [0.1, 0.15) is 0 Å². The zero-order chi connectivity index (χ0) is 14.8. The van der Waals surface area contributed by atoms with Gasteiger partial charge in [0.25, 0.3) is 0 Å². The Kier molecular flexibility index (Phi) is 4.96. The molecule has 0 bridgehead atoms. The summed E-state index contributed by atoms with van der Waals surface area (Å²) >= 11 is 3.23. The molecule has 6 heteroatoms. The Labute approximate surface area is 124 Å². The number of anilines is 1. The second kappa shape index (κ2) is 6.35. The molecule has 1 aromatic carbocycles. The van der Waals surface area contributed by atoms with Crippen LogP contribution in [0, 0.1) is 0 Å². The third-order valence-electron chi connectivity index (χ3n) is 3.66. The van der Waals surface area contributed by atoms with Crippen molar-refractivity contribution in [3.8, 4) is 0 Å². The molecule has 1 aliphatic rings. The van der Waals surface area contributed by atoms with E-state index in [0.717, 1.165) is 31.7 Å². The minimum atomic E-state index is -4.39. The smallest absolute Gasteiger partial charge is 0.394 e. The Morgan fingerprint density at radius 3 is 2.65 bits per heavy atom. The lowest BCUT2D eigenvalue weighted by Gasteiger charge is -2.33. The van der Waals surface area contributed by atoms with Crippen molar-refractivity contribution in [2.45, 2.75) is 37.9 Å². The number of benzene rings is 1. The summed E-state index contributed by atoms with van der Waals surface area (Å²) in [5.41, 5.74) is -0.478. The van der Waals surface area contributed by atoms with Gasteiger partial charge < -0.3 is 10.0 Å². The summed E-state index contributed by atoms with van der Waals surface area (Å²) in [5, 5.41) is 9.48. The van der Waals surface area contributed by atoms with Crippen LogP contribution in [0.15, 0.2) is 22.7 Å². The first-order valence-corrected chi connectivity index (χ1v) is 7.47. The van der Waals surface area contributed by atoms with Gasteiger partial charge in [0.05, 0.1) is 23.9 Å². The highest BCUT2D eigenvalue weighted by Crippen LogP contribution is 2.39. The zero-order valence-electron chi connectivity index (χ0n) is 11.0. The SMILES string of the molecule is OCC1CCCCCN1c1cc(Br)ccc1C(F)(F)F. The topological polar surface area (TPSA) is 23.5 Å². The Balaban J connectivity index is 2.45. The number of hydrogen-bond donors (Lipinski definition) is 1. The standard InChI is InChI=1S/C14H17BrF3NO/c15-10-5-6-12(14(16,17)18)13(8-10)19-7-3-1-2-4-11(19)9-20/h5-6,8,11,20H,1-4,7,9H2. The zero-order valence-corrected chi connectivity index (χ0v) is 12.5. The largest absolute Gasteiger partial charge is 0.418 e. The van der Waals surface area contributed by atoms with Crippen LogP contribution < -0.4 is 4.90 Å². The van der Waals surface area contributed by atoms with Crippen molar-refractivity contribution in [2.24, 2.45) is 0 Å². The van der Waals surface area contributed by atoms with E-state index in [1.165, 1.54) is 12.1 Å². The molecule has 0 aliphatic carbocycles. The lowest BCUT2D eigenvalue weighted by Crippen LogP contribution is -2.38. The highest BCUT2D eigenvalue weighted by atomic mass is 79.9. The fourth-order valence-corrected chi connectivity index (χ4v) is 3.02. The van der Waals surface area contributed by atoms with E-state index in [0.29, 0.717) is 11.0 Å². The van der Waals surface area contributed by atoms with E-state index in [-0.39, 0.29) is 18.3 Å². The van der Waals surface area contributed by atoms with E-state index in [9.17, 15) is 18.3 Å². The lowest BCUT2D eigenvalue weighted by atomic mass is 10.1. The predicted molar refractivity (Wildman–Crippen MR) is 75.8 cm³/mol. The van der Waals surface area contributed by atoms with E-state index in [1.807, 2.05) is 0 Å². The van der Waals surface area contributed by atoms with Gasteiger partial charge in [0.2, 0.25) is 0 Å². The molecule has 1 N–H and O–H groups in total. The van der Waals surface area contributed by atoms with E-state index in [2.05, 4.69) is 15.9 Å². The van der Waals surface area contributed by atoms with Gasteiger partial charge in [-0.3, -0.25) is 0 Å². The first-order valence-electron chi connectivity index (χ1n) is 6.67. The molecule has 0 spiro atoms. The van der Waals surface area contributed by atoms with Crippen molar-refractivity contribution in [2.75, 3.05) is 18.1 Å².